The third-order valence-electron chi connectivity index (χ3n) is 3.26. The molecule has 0 fully saturated rings. The van der Waals surface area contributed by atoms with Crippen molar-refractivity contribution in [3.05, 3.63) is 29.8 Å². The number of benzene rings is 1. The van der Waals surface area contributed by atoms with Crippen LogP contribution in [0.15, 0.2) is 24.3 Å². The first-order chi connectivity index (χ1) is 8.33. The van der Waals surface area contributed by atoms with Gasteiger partial charge in [0.2, 0.25) is 0 Å². The minimum absolute atomic E-state index is 0. The Bertz CT molecular complexity index is 287. The molecule has 0 saturated carbocycles. The normalized spacial score (nSPS) is 10.1. The monoisotopic (exact) mass is 242 g/mol. The summed E-state index contributed by atoms with van der Waals surface area (Å²) in [7, 11) is 0. The van der Waals surface area contributed by atoms with Crippen LogP contribution in [0.1, 0.15) is 65.3 Å². The van der Waals surface area contributed by atoms with Crippen molar-refractivity contribution in [3.63, 3.8) is 0 Å². The minimum atomic E-state index is 0. The molecular formula is C16H27LiO. The van der Waals surface area contributed by atoms with Gasteiger partial charge < -0.3 is 6.53 Å². The molecular weight excluding hydrogens is 215 g/mol. The number of phenolic OH excluding ortho intramolecular Hbond substituents is 1. The molecule has 0 amide bonds. The van der Waals surface area contributed by atoms with Crippen molar-refractivity contribution in [2.75, 3.05) is 0 Å². The molecule has 1 aromatic carbocycles. The van der Waals surface area contributed by atoms with E-state index in [4.69, 9.17) is 5.11 Å². The summed E-state index contributed by atoms with van der Waals surface area (Å²) in [4.78, 5) is 0. The number of unbranched alkanes of at least 4 members (excludes halogenated alkanes) is 7. The van der Waals surface area contributed by atoms with E-state index >= 15 is 0 Å². The average molecular weight is 242 g/mol. The van der Waals surface area contributed by atoms with Crippen LogP contribution in [0.25, 0.3) is 0 Å². The molecule has 0 saturated heterocycles. The quantitative estimate of drug-likeness (QED) is 0.520. The van der Waals surface area contributed by atoms with Crippen molar-refractivity contribution in [1.82, 2.24) is 0 Å². The van der Waals surface area contributed by atoms with Gasteiger partial charge in [-0.25, -0.2) is 0 Å². The van der Waals surface area contributed by atoms with Gasteiger partial charge in [0, 0.05) is 0 Å². The molecule has 1 aromatic rings. The Balaban J connectivity index is 0. The van der Waals surface area contributed by atoms with Gasteiger partial charge in [-0.05, 0) is 30.5 Å². The molecule has 0 aliphatic heterocycles. The predicted octanol–water partition coefficient (Wildman–Crippen LogP) is 2.19. The number of hydrogen-bond donors (Lipinski definition) is 1. The Morgan fingerprint density at radius 3 is 1.89 bits per heavy atom. The number of aryl methyl sites for hydroxylation is 1. The van der Waals surface area contributed by atoms with Gasteiger partial charge in [-0.15, -0.1) is 0 Å². The maximum atomic E-state index is 9.17. The van der Waals surface area contributed by atoms with E-state index in [-0.39, 0.29) is 20.3 Å². The minimum Gasteiger partial charge on any atom is -1.00 e. The van der Waals surface area contributed by atoms with E-state index in [9.17, 15) is 0 Å². The van der Waals surface area contributed by atoms with Crippen molar-refractivity contribution < 1.29 is 25.4 Å². The third-order valence-corrected chi connectivity index (χ3v) is 3.26. The van der Waals surface area contributed by atoms with Crippen molar-refractivity contribution in [3.8, 4) is 5.75 Å². The van der Waals surface area contributed by atoms with Crippen LogP contribution < -0.4 is 18.9 Å². The molecule has 1 N–H and O–H groups in total. The van der Waals surface area contributed by atoms with Gasteiger partial charge in [-0.2, -0.15) is 0 Å². The second kappa shape index (κ2) is 11.7. The molecule has 18 heavy (non-hydrogen) atoms. The molecule has 1 rings (SSSR count). The van der Waals surface area contributed by atoms with E-state index in [1.807, 2.05) is 12.1 Å². The zero-order chi connectivity index (χ0) is 12.3. The summed E-state index contributed by atoms with van der Waals surface area (Å²) in [6, 6.07) is 7.60. The Hall–Kier alpha value is -0.383. The summed E-state index contributed by atoms with van der Waals surface area (Å²) in [5.74, 6) is 0.365. The molecule has 0 bridgehead atoms. The summed E-state index contributed by atoms with van der Waals surface area (Å²) in [5.41, 5.74) is 1.34. The molecule has 0 radical (unpaired) electrons. The average Bonchev–Trinajstić information content (AvgIpc) is 2.35. The van der Waals surface area contributed by atoms with Gasteiger partial charge in [-0.1, -0.05) is 64.0 Å². The first-order valence-corrected chi connectivity index (χ1v) is 7.11. The van der Waals surface area contributed by atoms with Gasteiger partial charge >= 0.3 is 18.9 Å². The van der Waals surface area contributed by atoms with Crippen molar-refractivity contribution >= 4 is 0 Å². The van der Waals surface area contributed by atoms with E-state index in [0.717, 1.165) is 6.42 Å². The second-order valence-electron chi connectivity index (χ2n) is 4.89. The van der Waals surface area contributed by atoms with Crippen molar-refractivity contribution in [2.45, 2.75) is 64.7 Å². The standard InChI is InChI=1S/C16H26O.Li.H/c1-2-3-4-5-6-7-8-9-10-15-11-13-16(17)14-12-15;;/h11-14,17H,2-10H2,1H3;;/q;+1;-1. The molecule has 0 aromatic heterocycles. The zero-order valence-corrected chi connectivity index (χ0v) is 12.1. The van der Waals surface area contributed by atoms with Crippen LogP contribution in [0.3, 0.4) is 0 Å². The third kappa shape index (κ3) is 8.67. The Morgan fingerprint density at radius 1 is 0.833 bits per heavy atom. The first kappa shape index (κ1) is 17.6. The Labute approximate surface area is 126 Å². The second-order valence-corrected chi connectivity index (χ2v) is 4.89. The molecule has 2 heteroatoms. The van der Waals surface area contributed by atoms with Crippen LogP contribution in [0, 0.1) is 0 Å². The summed E-state index contributed by atoms with van der Waals surface area (Å²) in [5, 5.41) is 9.17. The summed E-state index contributed by atoms with van der Waals surface area (Å²) in [6.07, 6.45) is 12.1. The maximum absolute atomic E-state index is 9.17. The zero-order valence-electron chi connectivity index (χ0n) is 13.1. The van der Waals surface area contributed by atoms with Crippen LogP contribution in [0.2, 0.25) is 0 Å². The molecule has 0 unspecified atom stereocenters. The van der Waals surface area contributed by atoms with Gasteiger partial charge in [0.1, 0.15) is 5.75 Å². The van der Waals surface area contributed by atoms with Crippen LogP contribution in [0.5, 0.6) is 5.75 Å². The topological polar surface area (TPSA) is 20.2 Å². The molecule has 0 aliphatic rings. The summed E-state index contributed by atoms with van der Waals surface area (Å²) < 4.78 is 0. The number of rotatable bonds is 9. The fourth-order valence-corrected chi connectivity index (χ4v) is 2.13. The van der Waals surface area contributed by atoms with E-state index in [1.54, 1.807) is 12.1 Å². The summed E-state index contributed by atoms with van der Waals surface area (Å²) in [6.45, 7) is 2.26. The number of phenols is 1. The smallest absolute Gasteiger partial charge is 1.00 e. The van der Waals surface area contributed by atoms with Crippen molar-refractivity contribution in [1.29, 1.82) is 0 Å². The van der Waals surface area contributed by atoms with Crippen LogP contribution >= 0.6 is 0 Å². The van der Waals surface area contributed by atoms with Crippen LogP contribution in [-0.2, 0) is 6.42 Å². The fraction of sp³-hybridized carbons (Fsp3) is 0.625. The number of hydrogen-bond acceptors (Lipinski definition) is 1. The molecule has 0 spiro atoms. The number of aromatic hydroxyl groups is 1. The fourth-order valence-electron chi connectivity index (χ4n) is 2.13. The summed E-state index contributed by atoms with van der Waals surface area (Å²) >= 11 is 0. The van der Waals surface area contributed by atoms with E-state index in [2.05, 4.69) is 6.92 Å². The van der Waals surface area contributed by atoms with Gasteiger partial charge in [0.15, 0.2) is 0 Å². The van der Waals surface area contributed by atoms with Crippen LogP contribution in [-0.4, -0.2) is 5.11 Å². The van der Waals surface area contributed by atoms with E-state index in [0.29, 0.717) is 5.75 Å². The van der Waals surface area contributed by atoms with Crippen LogP contribution in [0.4, 0.5) is 0 Å². The molecule has 0 aliphatic carbocycles. The van der Waals surface area contributed by atoms with Gasteiger partial charge in [0.25, 0.3) is 0 Å². The molecule has 98 valence electrons. The van der Waals surface area contributed by atoms with E-state index in [1.165, 1.54) is 56.9 Å². The van der Waals surface area contributed by atoms with E-state index < -0.39 is 0 Å². The molecule has 0 atom stereocenters. The molecule has 0 heterocycles. The Morgan fingerprint density at radius 2 is 1.33 bits per heavy atom. The predicted molar refractivity (Wildman–Crippen MR) is 75.5 cm³/mol. The molecule has 1 nitrogen and oxygen atoms in total. The Kier molecular flexibility index (Phi) is 11.4. The largest absolute Gasteiger partial charge is 1.00 e. The maximum Gasteiger partial charge on any atom is 1.00 e. The van der Waals surface area contributed by atoms with Crippen molar-refractivity contribution in [2.24, 2.45) is 0 Å². The SMILES string of the molecule is CCCCCCCCCCc1ccc(O)cc1.[H-].[Li+]. The van der Waals surface area contributed by atoms with Gasteiger partial charge in [-0.3, -0.25) is 0 Å². The first-order valence-electron chi connectivity index (χ1n) is 7.11. The van der Waals surface area contributed by atoms with Gasteiger partial charge in [0.05, 0.1) is 0 Å².